The van der Waals surface area contributed by atoms with Gasteiger partial charge in [0.05, 0.1) is 6.10 Å². The molecule has 2 rings (SSSR count). The first-order valence-electron chi connectivity index (χ1n) is 4.23. The van der Waals surface area contributed by atoms with Gasteiger partial charge >= 0.3 is 0 Å². The summed E-state index contributed by atoms with van der Waals surface area (Å²) in [5, 5.41) is 8.66. The predicted molar refractivity (Wildman–Crippen MR) is 45.8 cm³/mol. The largest absolute Gasteiger partial charge is 0.396 e. The quantitative estimate of drug-likeness (QED) is 0.687. The molecule has 1 aliphatic rings. The molecule has 0 saturated carbocycles. The number of hydrogen-bond acceptors (Lipinski definition) is 2. The number of benzene rings is 1. The highest BCUT2D eigenvalue weighted by Crippen LogP contribution is 2.40. The first-order valence-corrected chi connectivity index (χ1v) is 4.23. The van der Waals surface area contributed by atoms with Crippen molar-refractivity contribution in [2.75, 3.05) is 6.61 Å². The summed E-state index contributed by atoms with van der Waals surface area (Å²) in [5.41, 5.74) is 1.22. The van der Waals surface area contributed by atoms with Crippen molar-refractivity contribution >= 4 is 0 Å². The zero-order valence-corrected chi connectivity index (χ0v) is 6.81. The van der Waals surface area contributed by atoms with E-state index in [0.717, 1.165) is 6.42 Å². The van der Waals surface area contributed by atoms with E-state index in [1.165, 1.54) is 5.56 Å². The van der Waals surface area contributed by atoms with Crippen molar-refractivity contribution in [3.05, 3.63) is 35.9 Å². The van der Waals surface area contributed by atoms with Crippen LogP contribution in [0, 0.1) is 0 Å². The zero-order valence-electron chi connectivity index (χ0n) is 6.81. The molecule has 1 aromatic rings. The highest BCUT2D eigenvalue weighted by molar-refractivity contribution is 5.22. The Hall–Kier alpha value is -0.860. The topological polar surface area (TPSA) is 32.8 Å². The molecule has 1 N–H and O–H groups in total. The van der Waals surface area contributed by atoms with Crippen LogP contribution in [0.3, 0.4) is 0 Å². The third-order valence-corrected chi connectivity index (χ3v) is 2.12. The fourth-order valence-electron chi connectivity index (χ4n) is 1.43. The Balaban J connectivity index is 1.97. The molecule has 2 heteroatoms. The van der Waals surface area contributed by atoms with Gasteiger partial charge in [-0.3, -0.25) is 0 Å². The molecule has 0 bridgehead atoms. The van der Waals surface area contributed by atoms with Gasteiger partial charge in [-0.25, -0.2) is 0 Å². The van der Waals surface area contributed by atoms with Crippen LogP contribution in [-0.4, -0.2) is 17.8 Å². The third kappa shape index (κ3) is 1.49. The van der Waals surface area contributed by atoms with E-state index in [2.05, 4.69) is 12.1 Å². The maximum atomic E-state index is 8.66. The van der Waals surface area contributed by atoms with Gasteiger partial charge in [-0.05, 0) is 12.0 Å². The van der Waals surface area contributed by atoms with Crippen molar-refractivity contribution in [3.8, 4) is 0 Å². The molecular weight excluding hydrogens is 152 g/mol. The van der Waals surface area contributed by atoms with Crippen LogP contribution < -0.4 is 0 Å². The van der Waals surface area contributed by atoms with Gasteiger partial charge in [0.15, 0.2) is 0 Å². The van der Waals surface area contributed by atoms with Crippen LogP contribution in [0.2, 0.25) is 0 Å². The maximum absolute atomic E-state index is 8.66. The van der Waals surface area contributed by atoms with Crippen molar-refractivity contribution in [2.45, 2.75) is 18.6 Å². The van der Waals surface area contributed by atoms with Crippen molar-refractivity contribution in [1.29, 1.82) is 0 Å². The van der Waals surface area contributed by atoms with Crippen molar-refractivity contribution in [3.63, 3.8) is 0 Å². The van der Waals surface area contributed by atoms with Crippen LogP contribution in [0.1, 0.15) is 18.1 Å². The van der Waals surface area contributed by atoms with E-state index < -0.39 is 0 Å². The summed E-state index contributed by atoms with van der Waals surface area (Å²) in [6.45, 7) is 0.216. The Labute approximate surface area is 71.8 Å². The van der Waals surface area contributed by atoms with E-state index in [0.29, 0.717) is 0 Å². The fourth-order valence-corrected chi connectivity index (χ4v) is 1.43. The highest BCUT2D eigenvalue weighted by Gasteiger charge is 2.38. The van der Waals surface area contributed by atoms with Gasteiger partial charge in [-0.2, -0.15) is 0 Å². The van der Waals surface area contributed by atoms with Crippen LogP contribution in [0.15, 0.2) is 30.3 Å². The molecule has 0 unspecified atom stereocenters. The van der Waals surface area contributed by atoms with Gasteiger partial charge in [-0.15, -0.1) is 0 Å². The lowest BCUT2D eigenvalue weighted by Crippen LogP contribution is -1.92. The number of epoxide rings is 1. The molecule has 0 aromatic heterocycles. The van der Waals surface area contributed by atoms with E-state index >= 15 is 0 Å². The molecule has 1 aliphatic heterocycles. The third-order valence-electron chi connectivity index (χ3n) is 2.12. The molecule has 0 spiro atoms. The second-order valence-corrected chi connectivity index (χ2v) is 3.02. The lowest BCUT2D eigenvalue weighted by atomic mass is 10.1. The van der Waals surface area contributed by atoms with Crippen LogP contribution in [-0.2, 0) is 4.74 Å². The minimum Gasteiger partial charge on any atom is -0.396 e. The molecule has 1 saturated heterocycles. The van der Waals surface area contributed by atoms with Gasteiger partial charge in [0.1, 0.15) is 6.10 Å². The van der Waals surface area contributed by atoms with Crippen molar-refractivity contribution in [1.82, 2.24) is 0 Å². The summed E-state index contributed by atoms with van der Waals surface area (Å²) in [5.74, 6) is 0. The summed E-state index contributed by atoms with van der Waals surface area (Å²) >= 11 is 0. The summed E-state index contributed by atoms with van der Waals surface area (Å²) in [6, 6.07) is 10.1. The van der Waals surface area contributed by atoms with Gasteiger partial charge in [0.2, 0.25) is 0 Å². The molecule has 1 fully saturated rings. The van der Waals surface area contributed by atoms with Crippen LogP contribution >= 0.6 is 0 Å². The van der Waals surface area contributed by atoms with E-state index in [-0.39, 0.29) is 18.8 Å². The average Bonchev–Trinajstić information content (AvgIpc) is 2.87. The average molecular weight is 164 g/mol. The Morgan fingerprint density at radius 2 is 2.00 bits per heavy atom. The standard InChI is InChI=1S/C10H12O2/c11-7-6-9-10(12-9)8-4-2-1-3-5-8/h1-5,9-11H,6-7H2/t9-,10-/m0/s1. The summed E-state index contributed by atoms with van der Waals surface area (Å²) in [4.78, 5) is 0. The fraction of sp³-hybridized carbons (Fsp3) is 0.400. The highest BCUT2D eigenvalue weighted by atomic mass is 16.6. The molecule has 1 aromatic carbocycles. The van der Waals surface area contributed by atoms with E-state index in [1.54, 1.807) is 0 Å². The molecule has 1 heterocycles. The maximum Gasteiger partial charge on any atom is 0.109 e. The van der Waals surface area contributed by atoms with Gasteiger partial charge in [-0.1, -0.05) is 30.3 Å². The van der Waals surface area contributed by atoms with Crippen LogP contribution in [0.25, 0.3) is 0 Å². The lowest BCUT2D eigenvalue weighted by Gasteiger charge is -1.92. The normalized spacial score (nSPS) is 27.1. The molecule has 0 radical (unpaired) electrons. The Kier molecular flexibility index (Phi) is 2.11. The van der Waals surface area contributed by atoms with Gasteiger partial charge in [0.25, 0.3) is 0 Å². The first-order chi connectivity index (χ1) is 5.92. The van der Waals surface area contributed by atoms with E-state index in [1.807, 2.05) is 18.2 Å². The summed E-state index contributed by atoms with van der Waals surface area (Å²) in [7, 11) is 0. The Morgan fingerprint density at radius 3 is 2.67 bits per heavy atom. The molecule has 2 atom stereocenters. The van der Waals surface area contributed by atoms with Crippen LogP contribution in [0.5, 0.6) is 0 Å². The van der Waals surface area contributed by atoms with Crippen molar-refractivity contribution in [2.24, 2.45) is 0 Å². The second kappa shape index (κ2) is 3.25. The summed E-state index contributed by atoms with van der Waals surface area (Å²) < 4.78 is 5.38. The molecule has 0 aliphatic carbocycles. The van der Waals surface area contributed by atoms with E-state index in [4.69, 9.17) is 9.84 Å². The minimum atomic E-state index is 0.216. The number of aliphatic hydroxyl groups is 1. The smallest absolute Gasteiger partial charge is 0.109 e. The SMILES string of the molecule is OCC[C@@H]1O[C@H]1c1ccccc1. The predicted octanol–water partition coefficient (Wildman–Crippen LogP) is 1.51. The molecule has 12 heavy (non-hydrogen) atoms. The minimum absolute atomic E-state index is 0.216. The van der Waals surface area contributed by atoms with Gasteiger partial charge in [0, 0.05) is 6.61 Å². The van der Waals surface area contributed by atoms with Gasteiger partial charge < -0.3 is 9.84 Å². The monoisotopic (exact) mass is 164 g/mol. The molecular formula is C10H12O2. The Bertz CT molecular complexity index is 245. The van der Waals surface area contributed by atoms with E-state index in [9.17, 15) is 0 Å². The lowest BCUT2D eigenvalue weighted by molar-refractivity contribution is 0.262. The van der Waals surface area contributed by atoms with Crippen LogP contribution in [0.4, 0.5) is 0 Å². The van der Waals surface area contributed by atoms with Crippen molar-refractivity contribution < 1.29 is 9.84 Å². The summed E-state index contributed by atoms with van der Waals surface area (Å²) in [6.07, 6.45) is 1.23. The number of rotatable bonds is 3. The Morgan fingerprint density at radius 1 is 1.25 bits per heavy atom. The molecule has 2 nitrogen and oxygen atoms in total. The first kappa shape index (κ1) is 7.77. The number of hydrogen-bond donors (Lipinski definition) is 1. The molecule has 64 valence electrons. The molecule has 0 amide bonds. The zero-order chi connectivity index (χ0) is 8.39. The number of ether oxygens (including phenoxy) is 1. The second-order valence-electron chi connectivity index (χ2n) is 3.02. The number of aliphatic hydroxyl groups excluding tert-OH is 1.